The SMILES string of the molecule is PN1CCCC1.[Rh]. The Morgan fingerprint density at radius 1 is 1.14 bits per heavy atom. The fraction of sp³-hybridized carbons (Fsp3) is 1.00. The van der Waals surface area contributed by atoms with Gasteiger partial charge in [-0.15, -0.1) is 0 Å². The molecule has 0 amide bonds. The van der Waals surface area contributed by atoms with Crippen molar-refractivity contribution in [2.24, 2.45) is 0 Å². The second kappa shape index (κ2) is 3.95. The molecule has 1 heterocycles. The predicted octanol–water partition coefficient (Wildman–Crippen LogP) is 0.870. The second-order valence-electron chi connectivity index (χ2n) is 1.74. The van der Waals surface area contributed by atoms with E-state index in [0.29, 0.717) is 0 Å². The molecule has 7 heavy (non-hydrogen) atoms. The molecule has 0 N–H and O–H groups in total. The minimum atomic E-state index is 0. The standard InChI is InChI=1S/C4H10NP.Rh/c6-5-3-1-2-4-5;/h1-4,6H2;. The quantitative estimate of drug-likeness (QED) is 0.420. The molecule has 1 aliphatic rings. The van der Waals surface area contributed by atoms with Crippen molar-refractivity contribution < 1.29 is 19.5 Å². The van der Waals surface area contributed by atoms with E-state index < -0.39 is 0 Å². The van der Waals surface area contributed by atoms with Crippen molar-refractivity contribution in [3.8, 4) is 0 Å². The number of hydrogen-bond acceptors (Lipinski definition) is 1. The van der Waals surface area contributed by atoms with E-state index in [2.05, 4.69) is 14.1 Å². The molecular weight excluding hydrogens is 196 g/mol. The third kappa shape index (κ3) is 2.75. The van der Waals surface area contributed by atoms with Gasteiger partial charge >= 0.3 is 0 Å². The summed E-state index contributed by atoms with van der Waals surface area (Å²) in [7, 11) is 2.71. The molecule has 0 saturated carbocycles. The Labute approximate surface area is 59.9 Å². The van der Waals surface area contributed by atoms with Crippen molar-refractivity contribution >= 4 is 9.39 Å². The van der Waals surface area contributed by atoms with Gasteiger partial charge in [0.1, 0.15) is 0 Å². The number of nitrogens with zero attached hydrogens (tertiary/aromatic N) is 1. The van der Waals surface area contributed by atoms with Gasteiger partial charge in [-0.1, -0.05) is 9.39 Å². The molecule has 1 unspecified atom stereocenters. The van der Waals surface area contributed by atoms with Crippen LogP contribution >= 0.6 is 9.39 Å². The molecule has 45 valence electrons. The normalized spacial score (nSPS) is 21.9. The fourth-order valence-electron chi connectivity index (χ4n) is 0.742. The van der Waals surface area contributed by atoms with Crippen molar-refractivity contribution in [1.82, 2.24) is 4.67 Å². The molecule has 0 spiro atoms. The van der Waals surface area contributed by atoms with E-state index in [0.717, 1.165) is 0 Å². The topological polar surface area (TPSA) is 3.24 Å². The summed E-state index contributed by atoms with van der Waals surface area (Å²) in [5, 5.41) is 0. The predicted molar refractivity (Wildman–Crippen MR) is 30.5 cm³/mol. The second-order valence-corrected chi connectivity index (χ2v) is 2.47. The first-order valence-electron chi connectivity index (χ1n) is 2.39. The maximum absolute atomic E-state index is 2.71. The van der Waals surface area contributed by atoms with Gasteiger partial charge in [0, 0.05) is 32.6 Å². The summed E-state index contributed by atoms with van der Waals surface area (Å²) in [5.74, 6) is 0. The van der Waals surface area contributed by atoms with Crippen LogP contribution in [0.3, 0.4) is 0 Å². The molecule has 0 aromatic carbocycles. The Balaban J connectivity index is 0.000000360. The van der Waals surface area contributed by atoms with E-state index in [9.17, 15) is 0 Å². The van der Waals surface area contributed by atoms with Gasteiger partial charge in [0.15, 0.2) is 0 Å². The zero-order valence-corrected chi connectivity index (χ0v) is 6.98. The molecule has 1 rings (SSSR count). The van der Waals surface area contributed by atoms with Crippen LogP contribution < -0.4 is 0 Å². The first-order chi connectivity index (χ1) is 2.89. The summed E-state index contributed by atoms with van der Waals surface area (Å²) < 4.78 is 2.28. The van der Waals surface area contributed by atoms with Crippen LogP contribution in [0.2, 0.25) is 0 Å². The summed E-state index contributed by atoms with van der Waals surface area (Å²) in [6.07, 6.45) is 2.78. The molecule has 0 aromatic heterocycles. The van der Waals surface area contributed by atoms with Crippen LogP contribution in [-0.4, -0.2) is 17.8 Å². The third-order valence-electron chi connectivity index (χ3n) is 1.14. The summed E-state index contributed by atoms with van der Waals surface area (Å²) in [5.41, 5.74) is 0. The molecule has 1 nitrogen and oxygen atoms in total. The van der Waals surface area contributed by atoms with Gasteiger partial charge in [0.25, 0.3) is 0 Å². The summed E-state index contributed by atoms with van der Waals surface area (Å²) in [6.45, 7) is 2.56. The molecule has 0 aliphatic carbocycles. The Morgan fingerprint density at radius 3 is 1.71 bits per heavy atom. The van der Waals surface area contributed by atoms with Gasteiger partial charge in [-0.3, -0.25) is 4.67 Å². The maximum Gasteiger partial charge on any atom is 0.00166 e. The molecule has 1 saturated heterocycles. The van der Waals surface area contributed by atoms with E-state index in [4.69, 9.17) is 0 Å². The maximum atomic E-state index is 2.71. The number of hydrogen-bond donors (Lipinski definition) is 0. The minimum absolute atomic E-state index is 0. The summed E-state index contributed by atoms with van der Waals surface area (Å²) in [6, 6.07) is 0. The average molecular weight is 206 g/mol. The van der Waals surface area contributed by atoms with Crippen LogP contribution in [0.5, 0.6) is 0 Å². The van der Waals surface area contributed by atoms with E-state index in [1.54, 1.807) is 0 Å². The van der Waals surface area contributed by atoms with Crippen molar-refractivity contribution in [1.29, 1.82) is 0 Å². The van der Waals surface area contributed by atoms with E-state index in [1.807, 2.05) is 0 Å². The summed E-state index contributed by atoms with van der Waals surface area (Å²) >= 11 is 0. The van der Waals surface area contributed by atoms with Crippen LogP contribution in [0.4, 0.5) is 0 Å². The molecule has 1 fully saturated rings. The Kier molecular flexibility index (Phi) is 4.52. The summed E-state index contributed by atoms with van der Waals surface area (Å²) in [4.78, 5) is 0. The van der Waals surface area contributed by atoms with Crippen molar-refractivity contribution in [3.63, 3.8) is 0 Å². The van der Waals surface area contributed by atoms with Crippen LogP contribution in [0.25, 0.3) is 0 Å². The number of rotatable bonds is 0. The molecular formula is C4H10NPRh. The van der Waals surface area contributed by atoms with Crippen LogP contribution in [0.15, 0.2) is 0 Å². The van der Waals surface area contributed by atoms with Crippen molar-refractivity contribution in [3.05, 3.63) is 0 Å². The smallest absolute Gasteiger partial charge is 0.00166 e. The fourth-order valence-corrected chi connectivity index (χ4v) is 1.11. The monoisotopic (exact) mass is 206 g/mol. The molecule has 0 bridgehead atoms. The third-order valence-corrected chi connectivity index (χ3v) is 1.66. The van der Waals surface area contributed by atoms with Crippen LogP contribution in [0.1, 0.15) is 12.8 Å². The van der Waals surface area contributed by atoms with Crippen LogP contribution in [-0.2, 0) is 19.5 Å². The molecule has 1 aliphatic heterocycles. The molecule has 1 radical (unpaired) electrons. The minimum Gasteiger partial charge on any atom is -0.287 e. The molecule has 0 aromatic rings. The first-order valence-corrected chi connectivity index (χ1v) is 2.91. The van der Waals surface area contributed by atoms with E-state index >= 15 is 0 Å². The van der Waals surface area contributed by atoms with Crippen molar-refractivity contribution in [2.45, 2.75) is 12.8 Å². The van der Waals surface area contributed by atoms with Gasteiger partial charge in [-0.25, -0.2) is 0 Å². The van der Waals surface area contributed by atoms with Crippen molar-refractivity contribution in [2.75, 3.05) is 13.1 Å². The Morgan fingerprint density at radius 2 is 1.57 bits per heavy atom. The largest absolute Gasteiger partial charge is 0.287 e. The zero-order chi connectivity index (χ0) is 4.41. The van der Waals surface area contributed by atoms with Gasteiger partial charge in [-0.05, 0) is 12.8 Å². The van der Waals surface area contributed by atoms with Gasteiger partial charge in [0.05, 0.1) is 0 Å². The molecule has 1 atom stereocenters. The first kappa shape index (κ1) is 8.01. The Hall–Kier alpha value is 1.01. The zero-order valence-electron chi connectivity index (χ0n) is 4.19. The van der Waals surface area contributed by atoms with Crippen LogP contribution in [0, 0.1) is 0 Å². The van der Waals surface area contributed by atoms with Gasteiger partial charge in [-0.2, -0.15) is 0 Å². The van der Waals surface area contributed by atoms with Gasteiger partial charge < -0.3 is 0 Å². The van der Waals surface area contributed by atoms with Gasteiger partial charge in [0.2, 0.25) is 0 Å². The Bertz CT molecular complexity index is 45.0. The average Bonchev–Trinajstić information content (AvgIpc) is 1.86. The van der Waals surface area contributed by atoms with E-state index in [-0.39, 0.29) is 19.5 Å². The molecule has 3 heteroatoms. The van der Waals surface area contributed by atoms with E-state index in [1.165, 1.54) is 25.9 Å².